The van der Waals surface area contributed by atoms with Crippen LogP contribution in [0.25, 0.3) is 17.2 Å². The third kappa shape index (κ3) is 4.02. The van der Waals surface area contributed by atoms with E-state index in [1.807, 2.05) is 12.1 Å². The summed E-state index contributed by atoms with van der Waals surface area (Å²) in [6, 6.07) is 15.0. The first-order valence-electron chi connectivity index (χ1n) is 8.86. The minimum atomic E-state index is -3.02. The zero-order valence-electron chi connectivity index (χ0n) is 15.6. The van der Waals surface area contributed by atoms with Gasteiger partial charge in [-0.15, -0.1) is 24.8 Å². The van der Waals surface area contributed by atoms with E-state index in [2.05, 4.69) is 76.9 Å². The summed E-state index contributed by atoms with van der Waals surface area (Å²) >= 11 is 3.06. The van der Waals surface area contributed by atoms with Gasteiger partial charge in [0, 0.05) is 0 Å². The average Bonchev–Trinajstić information content (AvgIpc) is 3.25. The van der Waals surface area contributed by atoms with Crippen molar-refractivity contribution in [3.8, 4) is 11.1 Å². The first kappa shape index (κ1) is 22.9. The Labute approximate surface area is 182 Å². The molecule has 5 heteroatoms. The molecule has 0 aromatic heterocycles. The average molecular weight is 515 g/mol. The summed E-state index contributed by atoms with van der Waals surface area (Å²) in [5, 5.41) is 0.788. The van der Waals surface area contributed by atoms with Crippen LogP contribution in [0.15, 0.2) is 70.0 Å². The van der Waals surface area contributed by atoms with Crippen LogP contribution in [0.1, 0.15) is 21.2 Å². The number of allylic oxidation sites excluding steroid dienone is 5. The molecule has 2 aliphatic rings. The normalized spacial score (nSPS) is 17.8. The van der Waals surface area contributed by atoms with Gasteiger partial charge >= 0.3 is 159 Å². The number of hydrogen-bond acceptors (Lipinski definition) is 0. The molecular weight excluding hydrogens is 490 g/mol. The van der Waals surface area contributed by atoms with Gasteiger partial charge in [-0.2, -0.15) is 0 Å². The van der Waals surface area contributed by atoms with E-state index < -0.39 is 17.4 Å². The quantitative estimate of drug-likeness (QED) is 0.383. The summed E-state index contributed by atoms with van der Waals surface area (Å²) < 4.78 is 7.53. The molecule has 0 aliphatic heterocycles. The number of hydrogen-bond donors (Lipinski definition) is 0. The first-order valence-corrected chi connectivity index (χ1v) is 22.7. The molecule has 27 heavy (non-hydrogen) atoms. The van der Waals surface area contributed by atoms with Gasteiger partial charge in [0.15, 0.2) is 0 Å². The molecule has 2 aromatic rings. The molecule has 0 fully saturated rings. The molecular formula is C22H25Cl3SiZr. The molecule has 0 N–H and O–H groups in total. The van der Waals surface area contributed by atoms with Crippen LogP contribution in [-0.2, 0) is 17.4 Å². The molecule has 0 saturated carbocycles. The van der Waals surface area contributed by atoms with Crippen molar-refractivity contribution in [2.24, 2.45) is 0 Å². The van der Waals surface area contributed by atoms with Crippen LogP contribution in [0.5, 0.6) is 0 Å². The summed E-state index contributed by atoms with van der Waals surface area (Å²) in [6.45, 7) is 2.34. The van der Waals surface area contributed by atoms with E-state index in [-0.39, 0.29) is 24.8 Å². The van der Waals surface area contributed by atoms with Crippen LogP contribution < -0.4 is 0 Å². The fourth-order valence-electron chi connectivity index (χ4n) is 4.28. The second kappa shape index (κ2) is 8.17. The summed E-state index contributed by atoms with van der Waals surface area (Å²) in [7, 11) is 0. The second-order valence-electron chi connectivity index (χ2n) is 8.29. The maximum atomic E-state index is 6.07. The van der Waals surface area contributed by atoms with Crippen LogP contribution in [0.3, 0.4) is 0 Å². The molecule has 0 heterocycles. The Morgan fingerprint density at radius 1 is 1.04 bits per heavy atom. The summed E-state index contributed by atoms with van der Waals surface area (Å²) in [5.41, 5.74) is 5.48. The van der Waals surface area contributed by atoms with E-state index in [0.29, 0.717) is 3.63 Å². The molecule has 0 spiro atoms. The van der Waals surface area contributed by atoms with Gasteiger partial charge < -0.3 is 0 Å². The standard InChI is InChI=1S/C15H10Cl.C5H5.2CH3.2ClH.H2Si.Zr/c16-13-9-7-12(8-10-13)15-6-2-4-11-3-1-5-14(11)15;1-2-4-5-3-1;;;;;;/h1-10H;1-3H,4H2;2*1H3;2*1H;1H2;. The molecule has 4 rings (SSSR count). The number of benzene rings is 2. The van der Waals surface area contributed by atoms with Crippen molar-refractivity contribution in [1.82, 2.24) is 0 Å². The number of rotatable bonds is 3. The van der Waals surface area contributed by atoms with Crippen molar-refractivity contribution in [3.63, 3.8) is 0 Å². The summed E-state index contributed by atoms with van der Waals surface area (Å²) in [5.74, 6) is 0. The fraction of sp³-hybridized carbons (Fsp3) is 0.182. The van der Waals surface area contributed by atoms with Crippen molar-refractivity contribution in [2.45, 2.75) is 19.3 Å². The van der Waals surface area contributed by atoms with Gasteiger partial charge in [0.1, 0.15) is 0 Å². The van der Waals surface area contributed by atoms with Gasteiger partial charge in [-0.05, 0) is 0 Å². The van der Waals surface area contributed by atoms with Crippen molar-refractivity contribution in [2.75, 3.05) is 0 Å². The van der Waals surface area contributed by atoms with Crippen molar-refractivity contribution in [3.05, 3.63) is 86.2 Å². The second-order valence-corrected chi connectivity index (χ2v) is 38.5. The molecule has 0 radical (unpaired) electrons. The summed E-state index contributed by atoms with van der Waals surface area (Å²) in [4.78, 5) is 0. The molecule has 1 unspecified atom stereocenters. The molecule has 0 nitrogen and oxygen atoms in total. The maximum absolute atomic E-state index is 6.07. The molecule has 0 saturated heterocycles. The predicted octanol–water partition coefficient (Wildman–Crippen LogP) is 7.10. The Morgan fingerprint density at radius 2 is 1.74 bits per heavy atom. The van der Waals surface area contributed by atoms with Crippen molar-refractivity contribution in [1.29, 1.82) is 0 Å². The molecule has 2 aliphatic carbocycles. The van der Waals surface area contributed by atoms with E-state index >= 15 is 0 Å². The monoisotopic (exact) mass is 512 g/mol. The Morgan fingerprint density at radius 3 is 2.37 bits per heavy atom. The Balaban J connectivity index is 0.00000131. The molecule has 0 bridgehead atoms. The van der Waals surface area contributed by atoms with Crippen LogP contribution in [0, 0.1) is 0 Å². The van der Waals surface area contributed by atoms with Gasteiger partial charge in [0.2, 0.25) is 0 Å². The van der Waals surface area contributed by atoms with Gasteiger partial charge in [-0.3, -0.25) is 0 Å². The zero-order chi connectivity index (χ0) is 17.7. The SMILES string of the molecule is Cl.Cl.[CH3][Zr]([CH3])(=[SiH2])([C]1=CC=CC1)[CH]1C=Cc2c(-c3ccc(Cl)cc3)cccc21. The summed E-state index contributed by atoms with van der Waals surface area (Å²) in [6.07, 6.45) is 13.0. The number of halogens is 3. The van der Waals surface area contributed by atoms with Crippen LogP contribution >= 0.6 is 36.4 Å². The first-order chi connectivity index (χ1) is 11.9. The van der Waals surface area contributed by atoms with Gasteiger partial charge in [0.25, 0.3) is 0 Å². The van der Waals surface area contributed by atoms with Gasteiger partial charge in [-0.1, -0.05) is 0 Å². The fourth-order valence-corrected chi connectivity index (χ4v) is 17.4. The molecule has 0 amide bonds. The Hall–Kier alpha value is -0.370. The third-order valence-corrected chi connectivity index (χ3v) is 23.7. The Bertz CT molecular complexity index is 1010. The van der Waals surface area contributed by atoms with E-state index in [4.69, 9.17) is 11.6 Å². The van der Waals surface area contributed by atoms with Crippen molar-refractivity contribution >= 4 is 49.4 Å². The van der Waals surface area contributed by atoms with E-state index in [0.717, 1.165) is 11.4 Å². The van der Waals surface area contributed by atoms with Crippen LogP contribution in [-0.4, -0.2) is 6.88 Å². The van der Waals surface area contributed by atoms with Crippen molar-refractivity contribution < 1.29 is 17.4 Å². The van der Waals surface area contributed by atoms with Gasteiger partial charge in [-0.25, -0.2) is 0 Å². The topological polar surface area (TPSA) is 0 Å². The molecule has 1 atom stereocenters. The zero-order valence-corrected chi connectivity index (χ0v) is 21.9. The third-order valence-electron chi connectivity index (χ3n) is 5.91. The molecule has 2 aromatic carbocycles. The number of fused-ring (bicyclic) bond motifs is 1. The van der Waals surface area contributed by atoms with E-state index in [9.17, 15) is 0 Å². The molecule has 142 valence electrons. The predicted molar refractivity (Wildman–Crippen MR) is 125 cm³/mol. The van der Waals surface area contributed by atoms with E-state index in [1.165, 1.54) is 22.3 Å². The minimum absolute atomic E-state index is 0. The van der Waals surface area contributed by atoms with Crippen LogP contribution in [0.2, 0.25) is 14.3 Å². The van der Waals surface area contributed by atoms with Gasteiger partial charge in [0.05, 0.1) is 0 Å². The van der Waals surface area contributed by atoms with E-state index in [1.54, 1.807) is 3.28 Å². The van der Waals surface area contributed by atoms with Crippen LogP contribution in [0.4, 0.5) is 0 Å². The Kier molecular flexibility index (Phi) is 6.93.